The van der Waals surface area contributed by atoms with Crippen molar-refractivity contribution in [1.29, 1.82) is 0 Å². The molecular formula is C23H26O6. The van der Waals surface area contributed by atoms with Crippen molar-refractivity contribution in [3.8, 4) is 0 Å². The highest BCUT2D eigenvalue weighted by atomic mass is 16.6. The largest absolute Gasteiger partial charge is 0.462 e. The molecule has 1 aliphatic heterocycles. The van der Waals surface area contributed by atoms with Crippen LogP contribution in [0.5, 0.6) is 0 Å². The first-order valence-corrected chi connectivity index (χ1v) is 9.54. The molecule has 154 valence electrons. The molecule has 29 heavy (non-hydrogen) atoms. The van der Waals surface area contributed by atoms with Crippen molar-refractivity contribution in [3.05, 3.63) is 66.3 Å². The number of hydrogen-bond donors (Lipinski definition) is 0. The summed E-state index contributed by atoms with van der Waals surface area (Å²) in [5.41, 5.74) is 0.973. The van der Waals surface area contributed by atoms with Crippen LogP contribution < -0.4 is 0 Å². The predicted octanol–water partition coefficient (Wildman–Crippen LogP) is 3.77. The first kappa shape index (κ1) is 22.1. The van der Waals surface area contributed by atoms with Crippen molar-refractivity contribution in [2.24, 2.45) is 0 Å². The summed E-state index contributed by atoms with van der Waals surface area (Å²) >= 11 is 0. The normalized spacial score (nSPS) is 18.4. The van der Waals surface area contributed by atoms with E-state index in [9.17, 15) is 14.4 Å². The molecule has 1 heterocycles. The summed E-state index contributed by atoms with van der Waals surface area (Å²) in [5, 5.41) is 0. The highest BCUT2D eigenvalue weighted by molar-refractivity contribution is 5.82. The van der Waals surface area contributed by atoms with Crippen LogP contribution in [0.1, 0.15) is 38.7 Å². The summed E-state index contributed by atoms with van der Waals surface area (Å²) < 4.78 is 15.9. The second kappa shape index (κ2) is 11.6. The number of carbonyl (C=O) groups excluding carboxylic acids is 3. The highest BCUT2D eigenvalue weighted by Gasteiger charge is 2.19. The number of benzene rings is 1. The summed E-state index contributed by atoms with van der Waals surface area (Å²) in [6, 6.07) is 9.63. The Morgan fingerprint density at radius 3 is 2.55 bits per heavy atom. The van der Waals surface area contributed by atoms with Crippen LogP contribution in [0.25, 0.3) is 6.08 Å². The van der Waals surface area contributed by atoms with Crippen LogP contribution in [0.15, 0.2) is 60.7 Å². The van der Waals surface area contributed by atoms with Gasteiger partial charge in [0, 0.05) is 39.2 Å². The molecule has 0 aromatic heterocycles. The molecule has 6 nitrogen and oxygen atoms in total. The lowest BCUT2D eigenvalue weighted by molar-refractivity contribution is -0.150. The Hall–Kier alpha value is -3.15. The number of ether oxygens (including phenoxy) is 3. The molecule has 0 saturated heterocycles. The number of rotatable bonds is 9. The van der Waals surface area contributed by atoms with E-state index in [2.05, 4.69) is 0 Å². The molecule has 2 rings (SSSR count). The fourth-order valence-corrected chi connectivity index (χ4v) is 2.88. The van der Waals surface area contributed by atoms with Crippen LogP contribution in [-0.4, -0.2) is 36.2 Å². The average Bonchev–Trinajstić information content (AvgIpc) is 2.66. The molecule has 1 aromatic carbocycles. The van der Waals surface area contributed by atoms with Crippen LogP contribution in [0.2, 0.25) is 0 Å². The molecule has 6 heteroatoms. The zero-order chi connectivity index (χ0) is 21.1. The van der Waals surface area contributed by atoms with E-state index in [1.54, 1.807) is 18.2 Å². The molecule has 0 radical (unpaired) electrons. The van der Waals surface area contributed by atoms with Crippen LogP contribution in [-0.2, 0) is 28.6 Å². The zero-order valence-electron chi connectivity index (χ0n) is 16.7. The van der Waals surface area contributed by atoms with Gasteiger partial charge in [0.2, 0.25) is 0 Å². The lowest BCUT2D eigenvalue weighted by Gasteiger charge is -2.21. The van der Waals surface area contributed by atoms with E-state index >= 15 is 0 Å². The number of esters is 3. The maximum Gasteiger partial charge on any atom is 0.331 e. The van der Waals surface area contributed by atoms with Crippen molar-refractivity contribution in [3.63, 3.8) is 0 Å². The van der Waals surface area contributed by atoms with Gasteiger partial charge in [0.1, 0.15) is 18.3 Å². The third-order valence-corrected chi connectivity index (χ3v) is 4.09. The third-order valence-electron chi connectivity index (χ3n) is 4.09. The van der Waals surface area contributed by atoms with E-state index in [-0.39, 0.29) is 12.1 Å². The fourth-order valence-electron chi connectivity index (χ4n) is 2.88. The molecule has 0 fully saturated rings. The second-order valence-electron chi connectivity index (χ2n) is 6.66. The van der Waals surface area contributed by atoms with E-state index in [1.165, 1.54) is 19.9 Å². The summed E-state index contributed by atoms with van der Waals surface area (Å²) in [4.78, 5) is 34.3. The number of cyclic esters (lactones) is 1. The van der Waals surface area contributed by atoms with Gasteiger partial charge in [-0.25, -0.2) is 4.79 Å². The molecule has 1 aliphatic rings. The van der Waals surface area contributed by atoms with Gasteiger partial charge in [0.05, 0.1) is 0 Å². The summed E-state index contributed by atoms with van der Waals surface area (Å²) in [5.74, 6) is -1.20. The Balaban J connectivity index is 2.02. The van der Waals surface area contributed by atoms with Gasteiger partial charge >= 0.3 is 17.9 Å². The summed E-state index contributed by atoms with van der Waals surface area (Å²) in [6.45, 7) is 2.68. The van der Waals surface area contributed by atoms with Crippen molar-refractivity contribution in [1.82, 2.24) is 0 Å². The third kappa shape index (κ3) is 9.06. The zero-order valence-corrected chi connectivity index (χ0v) is 16.7. The van der Waals surface area contributed by atoms with E-state index in [0.717, 1.165) is 5.56 Å². The standard InChI is InChI=1S/C23H26O6/c1-17(24)27-21(12-6-10-20-11-7-13-23(26)29-20)16-22(28-18(2)25)15-14-19-8-4-3-5-9-19/h3-10,13-15,20-22H,11-12,16H2,1-2H3/b10-6+,15-14+/t20-,21-,22-/m0/s1. The Morgan fingerprint density at radius 1 is 1.17 bits per heavy atom. The van der Waals surface area contributed by atoms with Gasteiger partial charge in [-0.1, -0.05) is 48.6 Å². The molecule has 0 bridgehead atoms. The van der Waals surface area contributed by atoms with Crippen LogP contribution >= 0.6 is 0 Å². The highest BCUT2D eigenvalue weighted by Crippen LogP contribution is 2.16. The average molecular weight is 398 g/mol. The SMILES string of the molecule is CC(=O)O[C@@H](C/C=C/[C@H]1CC=CC(=O)O1)C[C@H](/C=C/c1ccccc1)OC(C)=O. The first-order valence-electron chi connectivity index (χ1n) is 9.54. The Bertz CT molecular complexity index is 778. The molecule has 0 saturated carbocycles. The van der Waals surface area contributed by atoms with E-state index in [4.69, 9.17) is 14.2 Å². The van der Waals surface area contributed by atoms with Crippen LogP contribution in [0.4, 0.5) is 0 Å². The predicted molar refractivity (Wildman–Crippen MR) is 109 cm³/mol. The second-order valence-corrected chi connectivity index (χ2v) is 6.66. The Morgan fingerprint density at radius 2 is 1.90 bits per heavy atom. The minimum atomic E-state index is -0.541. The van der Waals surface area contributed by atoms with Gasteiger partial charge in [-0.3, -0.25) is 9.59 Å². The molecule has 3 atom stereocenters. The topological polar surface area (TPSA) is 78.9 Å². The van der Waals surface area contributed by atoms with Crippen molar-refractivity contribution >= 4 is 24.0 Å². The molecule has 1 aromatic rings. The van der Waals surface area contributed by atoms with Gasteiger partial charge in [-0.2, -0.15) is 0 Å². The van der Waals surface area contributed by atoms with E-state index < -0.39 is 24.1 Å². The fraction of sp³-hybridized carbons (Fsp3) is 0.348. The monoisotopic (exact) mass is 398 g/mol. The summed E-state index contributed by atoms with van der Waals surface area (Å²) in [6.07, 6.45) is 10.4. The minimum absolute atomic E-state index is 0.317. The quantitative estimate of drug-likeness (QED) is 0.358. The summed E-state index contributed by atoms with van der Waals surface area (Å²) in [7, 11) is 0. The van der Waals surface area contributed by atoms with Gasteiger partial charge < -0.3 is 14.2 Å². The Labute approximate surface area is 170 Å². The molecule has 0 spiro atoms. The van der Waals surface area contributed by atoms with Gasteiger partial charge in [-0.15, -0.1) is 0 Å². The lowest BCUT2D eigenvalue weighted by Crippen LogP contribution is -2.25. The molecule has 0 aliphatic carbocycles. The lowest BCUT2D eigenvalue weighted by atomic mass is 10.1. The van der Waals surface area contributed by atoms with Gasteiger partial charge in [0.15, 0.2) is 0 Å². The van der Waals surface area contributed by atoms with Crippen molar-refractivity contribution in [2.75, 3.05) is 0 Å². The Kier molecular flexibility index (Phi) is 8.89. The van der Waals surface area contributed by atoms with Gasteiger partial charge in [0.25, 0.3) is 0 Å². The maximum atomic E-state index is 11.5. The molecule has 0 amide bonds. The van der Waals surface area contributed by atoms with Crippen molar-refractivity contribution in [2.45, 2.75) is 51.4 Å². The number of hydrogen-bond acceptors (Lipinski definition) is 6. The minimum Gasteiger partial charge on any atom is -0.462 e. The van der Waals surface area contributed by atoms with E-state index in [0.29, 0.717) is 19.3 Å². The molecular weight excluding hydrogens is 372 g/mol. The smallest absolute Gasteiger partial charge is 0.331 e. The maximum absolute atomic E-state index is 11.5. The van der Waals surface area contributed by atoms with Crippen LogP contribution in [0, 0.1) is 0 Å². The van der Waals surface area contributed by atoms with Crippen molar-refractivity contribution < 1.29 is 28.6 Å². The molecule has 0 N–H and O–H groups in total. The van der Waals surface area contributed by atoms with E-state index in [1.807, 2.05) is 42.5 Å². The van der Waals surface area contributed by atoms with Gasteiger partial charge in [-0.05, 0) is 17.7 Å². The first-order chi connectivity index (χ1) is 13.9. The van der Waals surface area contributed by atoms with Crippen LogP contribution in [0.3, 0.4) is 0 Å². The number of carbonyl (C=O) groups is 3. The molecule has 0 unspecified atom stereocenters.